The van der Waals surface area contributed by atoms with Gasteiger partial charge in [-0.2, -0.15) is 0 Å². The number of benzene rings is 2. The standard InChI is InChI=1S/C14H11BrClFN2O/c15-14-9(16)4-3-7-12(14)18-8-13(20)19-11-6-2-1-5-10(11)17/h1-7,18H,8H2,(H,19,20). The maximum Gasteiger partial charge on any atom is 0.243 e. The van der Waals surface area contributed by atoms with E-state index in [0.717, 1.165) is 0 Å². The van der Waals surface area contributed by atoms with Gasteiger partial charge in [-0.1, -0.05) is 29.8 Å². The van der Waals surface area contributed by atoms with Crippen molar-refractivity contribution in [2.45, 2.75) is 0 Å². The van der Waals surface area contributed by atoms with Crippen LogP contribution in [0.15, 0.2) is 46.9 Å². The molecule has 0 bridgehead atoms. The van der Waals surface area contributed by atoms with Gasteiger partial charge in [-0.3, -0.25) is 4.79 Å². The minimum Gasteiger partial charge on any atom is -0.375 e. The first kappa shape index (κ1) is 14.8. The van der Waals surface area contributed by atoms with Crippen molar-refractivity contribution in [3.05, 3.63) is 57.8 Å². The quantitative estimate of drug-likeness (QED) is 0.857. The summed E-state index contributed by atoms with van der Waals surface area (Å²) in [5, 5.41) is 5.96. The summed E-state index contributed by atoms with van der Waals surface area (Å²) < 4.78 is 14.1. The molecule has 0 unspecified atom stereocenters. The first-order valence-corrected chi connectivity index (χ1v) is 6.97. The van der Waals surface area contributed by atoms with Crippen molar-refractivity contribution in [1.82, 2.24) is 0 Å². The fraction of sp³-hybridized carbons (Fsp3) is 0.0714. The molecule has 0 aliphatic heterocycles. The summed E-state index contributed by atoms with van der Waals surface area (Å²) in [5.74, 6) is -0.813. The second kappa shape index (κ2) is 6.72. The molecule has 2 N–H and O–H groups in total. The number of carbonyl (C=O) groups excluding carboxylic acids is 1. The SMILES string of the molecule is O=C(CNc1cccc(Cl)c1Br)Nc1ccccc1F. The molecule has 0 saturated carbocycles. The lowest BCUT2D eigenvalue weighted by Gasteiger charge is -2.10. The normalized spacial score (nSPS) is 10.2. The molecule has 0 heterocycles. The Morgan fingerprint density at radius 1 is 1.15 bits per heavy atom. The Labute approximate surface area is 129 Å². The molecule has 0 atom stereocenters. The van der Waals surface area contributed by atoms with Gasteiger partial charge in [0.2, 0.25) is 5.91 Å². The fourth-order valence-electron chi connectivity index (χ4n) is 1.57. The average Bonchev–Trinajstić information content (AvgIpc) is 2.43. The Morgan fingerprint density at radius 2 is 1.85 bits per heavy atom. The summed E-state index contributed by atoms with van der Waals surface area (Å²) in [7, 11) is 0. The van der Waals surface area contributed by atoms with E-state index >= 15 is 0 Å². The number of para-hydroxylation sites is 1. The maximum absolute atomic E-state index is 13.4. The van der Waals surface area contributed by atoms with E-state index in [1.54, 1.807) is 30.3 Å². The number of halogens is 3. The summed E-state index contributed by atoms with van der Waals surface area (Å²) in [6, 6.07) is 11.3. The summed E-state index contributed by atoms with van der Waals surface area (Å²) >= 11 is 9.27. The molecular formula is C14H11BrClFN2O. The van der Waals surface area contributed by atoms with Crippen molar-refractivity contribution < 1.29 is 9.18 Å². The van der Waals surface area contributed by atoms with E-state index in [1.807, 2.05) is 0 Å². The molecule has 3 nitrogen and oxygen atoms in total. The smallest absolute Gasteiger partial charge is 0.243 e. The molecule has 2 rings (SSSR count). The van der Waals surface area contributed by atoms with Crippen molar-refractivity contribution in [1.29, 1.82) is 0 Å². The number of hydrogen-bond donors (Lipinski definition) is 2. The number of nitrogens with one attached hydrogen (secondary N) is 2. The Bertz CT molecular complexity index is 636. The zero-order valence-corrected chi connectivity index (χ0v) is 12.6. The Kier molecular flexibility index (Phi) is 4.98. The monoisotopic (exact) mass is 356 g/mol. The maximum atomic E-state index is 13.4. The molecule has 0 spiro atoms. The van der Waals surface area contributed by atoms with Crippen LogP contribution in [0.2, 0.25) is 5.02 Å². The zero-order chi connectivity index (χ0) is 14.5. The van der Waals surface area contributed by atoms with Crippen molar-refractivity contribution in [2.24, 2.45) is 0 Å². The summed E-state index contributed by atoms with van der Waals surface area (Å²) in [4.78, 5) is 11.7. The van der Waals surface area contributed by atoms with Crippen LogP contribution in [0, 0.1) is 5.82 Å². The highest BCUT2D eigenvalue weighted by atomic mass is 79.9. The minimum atomic E-state index is -0.468. The van der Waals surface area contributed by atoms with Crippen LogP contribution in [-0.4, -0.2) is 12.5 Å². The molecule has 2 aromatic rings. The Hall–Kier alpha value is -1.59. The zero-order valence-electron chi connectivity index (χ0n) is 10.3. The lowest BCUT2D eigenvalue weighted by Crippen LogP contribution is -2.22. The van der Waals surface area contributed by atoms with Gasteiger partial charge in [-0.15, -0.1) is 0 Å². The summed E-state index contributed by atoms with van der Waals surface area (Å²) in [6.45, 7) is 0.00722. The van der Waals surface area contributed by atoms with Gasteiger partial charge < -0.3 is 10.6 Å². The van der Waals surface area contributed by atoms with E-state index in [9.17, 15) is 9.18 Å². The van der Waals surface area contributed by atoms with Gasteiger partial charge in [0.25, 0.3) is 0 Å². The molecular weight excluding hydrogens is 347 g/mol. The largest absolute Gasteiger partial charge is 0.375 e. The summed E-state index contributed by atoms with van der Waals surface area (Å²) in [5.41, 5.74) is 0.852. The highest BCUT2D eigenvalue weighted by Gasteiger charge is 2.08. The molecule has 20 heavy (non-hydrogen) atoms. The number of rotatable bonds is 4. The van der Waals surface area contributed by atoms with Crippen LogP contribution in [0.5, 0.6) is 0 Å². The highest BCUT2D eigenvalue weighted by molar-refractivity contribution is 9.10. The molecule has 0 aliphatic rings. The highest BCUT2D eigenvalue weighted by Crippen LogP contribution is 2.29. The van der Waals surface area contributed by atoms with Gasteiger partial charge in [0.1, 0.15) is 5.82 Å². The van der Waals surface area contributed by atoms with Crippen molar-refractivity contribution in [3.8, 4) is 0 Å². The van der Waals surface area contributed by atoms with Crippen LogP contribution in [0.25, 0.3) is 0 Å². The van der Waals surface area contributed by atoms with Crippen LogP contribution in [-0.2, 0) is 4.79 Å². The first-order valence-electron chi connectivity index (χ1n) is 5.80. The van der Waals surface area contributed by atoms with Gasteiger partial charge in [0.05, 0.1) is 27.4 Å². The predicted molar refractivity (Wildman–Crippen MR) is 82.7 cm³/mol. The van der Waals surface area contributed by atoms with E-state index in [4.69, 9.17) is 11.6 Å². The molecule has 1 amide bonds. The topological polar surface area (TPSA) is 41.1 Å². The van der Waals surface area contributed by atoms with Gasteiger partial charge in [-0.25, -0.2) is 4.39 Å². The third-order valence-corrected chi connectivity index (χ3v) is 3.94. The summed E-state index contributed by atoms with van der Waals surface area (Å²) in [6.07, 6.45) is 0. The van der Waals surface area contributed by atoms with Crippen LogP contribution >= 0.6 is 27.5 Å². The molecule has 0 radical (unpaired) electrons. The van der Waals surface area contributed by atoms with Gasteiger partial charge >= 0.3 is 0 Å². The minimum absolute atomic E-state index is 0.00722. The first-order chi connectivity index (χ1) is 9.58. The molecule has 104 valence electrons. The van der Waals surface area contributed by atoms with E-state index in [1.165, 1.54) is 12.1 Å². The van der Waals surface area contributed by atoms with Crippen LogP contribution < -0.4 is 10.6 Å². The van der Waals surface area contributed by atoms with E-state index in [-0.39, 0.29) is 18.1 Å². The van der Waals surface area contributed by atoms with Crippen LogP contribution in [0.3, 0.4) is 0 Å². The van der Waals surface area contributed by atoms with Gasteiger partial charge in [0.15, 0.2) is 0 Å². The second-order valence-corrected chi connectivity index (χ2v) is 5.18. The van der Waals surface area contributed by atoms with Crippen LogP contribution in [0.1, 0.15) is 0 Å². The number of hydrogen-bond acceptors (Lipinski definition) is 2. The van der Waals surface area contributed by atoms with Gasteiger partial charge in [0, 0.05) is 0 Å². The van der Waals surface area contributed by atoms with Crippen molar-refractivity contribution in [2.75, 3.05) is 17.2 Å². The Balaban J connectivity index is 1.96. The van der Waals surface area contributed by atoms with Crippen LogP contribution in [0.4, 0.5) is 15.8 Å². The van der Waals surface area contributed by atoms with E-state index in [0.29, 0.717) is 15.2 Å². The molecule has 2 aromatic carbocycles. The molecule has 6 heteroatoms. The number of anilines is 2. The molecule has 0 aliphatic carbocycles. The second-order valence-electron chi connectivity index (χ2n) is 3.98. The van der Waals surface area contributed by atoms with Gasteiger partial charge in [-0.05, 0) is 40.2 Å². The lowest BCUT2D eigenvalue weighted by atomic mass is 10.3. The Morgan fingerprint density at radius 3 is 2.60 bits per heavy atom. The lowest BCUT2D eigenvalue weighted by molar-refractivity contribution is -0.114. The van der Waals surface area contributed by atoms with E-state index in [2.05, 4.69) is 26.6 Å². The molecule has 0 aromatic heterocycles. The van der Waals surface area contributed by atoms with Crippen molar-refractivity contribution >= 4 is 44.8 Å². The number of carbonyl (C=O) groups is 1. The average molecular weight is 358 g/mol. The number of amides is 1. The fourth-order valence-corrected chi connectivity index (χ4v) is 2.15. The van der Waals surface area contributed by atoms with E-state index < -0.39 is 5.82 Å². The molecule has 0 saturated heterocycles. The third kappa shape index (κ3) is 3.71. The predicted octanol–water partition coefficient (Wildman–Crippen LogP) is 4.29. The molecule has 0 fully saturated rings. The van der Waals surface area contributed by atoms with Crippen molar-refractivity contribution in [3.63, 3.8) is 0 Å². The third-order valence-electron chi connectivity index (χ3n) is 2.54.